The second-order valence-electron chi connectivity index (χ2n) is 4.79. The number of anilines is 1. The van der Waals surface area contributed by atoms with Gasteiger partial charge < -0.3 is 10.3 Å². The second kappa shape index (κ2) is 3.95. The van der Waals surface area contributed by atoms with E-state index in [9.17, 15) is 0 Å². The van der Waals surface area contributed by atoms with Crippen LogP contribution in [0.4, 0.5) is 5.69 Å². The molecule has 1 aromatic heterocycles. The van der Waals surface area contributed by atoms with E-state index in [2.05, 4.69) is 35.9 Å². The van der Waals surface area contributed by atoms with Crippen molar-refractivity contribution in [2.75, 3.05) is 5.73 Å². The summed E-state index contributed by atoms with van der Waals surface area (Å²) in [7, 11) is 0. The van der Waals surface area contributed by atoms with Crippen LogP contribution in [0, 0.1) is 0 Å². The molecule has 0 saturated heterocycles. The molecule has 1 aliphatic rings. The lowest BCUT2D eigenvalue weighted by molar-refractivity contribution is 0.719. The molecule has 3 rings (SSSR count). The number of para-hydroxylation sites is 1. The van der Waals surface area contributed by atoms with Crippen LogP contribution in [0.15, 0.2) is 36.5 Å². The molecule has 1 atom stereocenters. The van der Waals surface area contributed by atoms with Crippen LogP contribution in [-0.2, 0) is 13.0 Å². The first-order valence-corrected chi connectivity index (χ1v) is 6.33. The summed E-state index contributed by atoms with van der Waals surface area (Å²) in [5.41, 5.74) is 11.2. The van der Waals surface area contributed by atoms with Gasteiger partial charge in [0.15, 0.2) is 0 Å². The van der Waals surface area contributed by atoms with Gasteiger partial charge in [-0.05, 0) is 36.1 Å². The zero-order valence-corrected chi connectivity index (χ0v) is 10.2. The zero-order chi connectivity index (χ0) is 11.8. The Bertz CT molecular complexity index is 540. The maximum Gasteiger partial charge on any atom is 0.0353 e. The van der Waals surface area contributed by atoms with Crippen LogP contribution in [0.2, 0.25) is 0 Å². The largest absolute Gasteiger partial charge is 0.398 e. The standard InChI is InChI=1S/C15H18N2/c1-2-11-9-15-13(7-8-17(15)10-11)12-5-3-4-6-14(12)16/h3-6,9-10,13H,2,7-8,16H2,1H3. The Kier molecular flexibility index (Phi) is 2.43. The summed E-state index contributed by atoms with van der Waals surface area (Å²) >= 11 is 0. The molecule has 0 bridgehead atoms. The molecule has 2 heteroatoms. The summed E-state index contributed by atoms with van der Waals surface area (Å²) in [5.74, 6) is 0.483. The number of benzene rings is 1. The van der Waals surface area contributed by atoms with Crippen LogP contribution in [0.5, 0.6) is 0 Å². The minimum absolute atomic E-state index is 0.483. The highest BCUT2D eigenvalue weighted by Crippen LogP contribution is 2.37. The Morgan fingerprint density at radius 3 is 2.94 bits per heavy atom. The average molecular weight is 226 g/mol. The Morgan fingerprint density at radius 1 is 1.35 bits per heavy atom. The highest BCUT2D eigenvalue weighted by molar-refractivity contribution is 5.51. The molecule has 0 aliphatic carbocycles. The van der Waals surface area contributed by atoms with E-state index in [4.69, 9.17) is 5.73 Å². The van der Waals surface area contributed by atoms with E-state index >= 15 is 0 Å². The number of hydrogen-bond acceptors (Lipinski definition) is 1. The van der Waals surface area contributed by atoms with Gasteiger partial charge in [0.1, 0.15) is 0 Å². The quantitative estimate of drug-likeness (QED) is 0.783. The second-order valence-corrected chi connectivity index (χ2v) is 4.79. The molecule has 2 nitrogen and oxygen atoms in total. The minimum Gasteiger partial charge on any atom is -0.398 e. The van der Waals surface area contributed by atoms with Crippen molar-refractivity contribution in [3.05, 3.63) is 53.3 Å². The summed E-state index contributed by atoms with van der Waals surface area (Å²) < 4.78 is 2.38. The Morgan fingerprint density at radius 2 is 2.18 bits per heavy atom. The van der Waals surface area contributed by atoms with Crippen LogP contribution in [-0.4, -0.2) is 4.57 Å². The predicted molar refractivity (Wildman–Crippen MR) is 71.1 cm³/mol. The molecule has 2 N–H and O–H groups in total. The van der Waals surface area contributed by atoms with Crippen LogP contribution < -0.4 is 5.73 Å². The van der Waals surface area contributed by atoms with Crippen molar-refractivity contribution in [3.8, 4) is 0 Å². The van der Waals surface area contributed by atoms with E-state index in [0.717, 1.165) is 18.7 Å². The molecule has 0 spiro atoms. The third-order valence-electron chi connectivity index (χ3n) is 3.78. The van der Waals surface area contributed by atoms with E-state index in [1.165, 1.54) is 23.2 Å². The molecular formula is C15H18N2. The molecule has 88 valence electrons. The average Bonchev–Trinajstić information content (AvgIpc) is 2.89. The summed E-state index contributed by atoms with van der Waals surface area (Å²) in [4.78, 5) is 0. The van der Waals surface area contributed by atoms with Crippen molar-refractivity contribution in [2.24, 2.45) is 0 Å². The SMILES string of the molecule is CCc1cc2n(c1)CCC2c1ccccc1N. The minimum atomic E-state index is 0.483. The van der Waals surface area contributed by atoms with E-state index < -0.39 is 0 Å². The Hall–Kier alpha value is -1.70. The normalized spacial score (nSPS) is 18.3. The zero-order valence-electron chi connectivity index (χ0n) is 10.2. The number of nitrogen functional groups attached to an aromatic ring is 1. The van der Waals surface area contributed by atoms with E-state index in [0.29, 0.717) is 5.92 Å². The van der Waals surface area contributed by atoms with Gasteiger partial charge in [0.25, 0.3) is 0 Å². The molecule has 1 unspecified atom stereocenters. The van der Waals surface area contributed by atoms with Gasteiger partial charge in [-0.2, -0.15) is 0 Å². The van der Waals surface area contributed by atoms with Gasteiger partial charge in [-0.15, -0.1) is 0 Å². The maximum absolute atomic E-state index is 6.09. The van der Waals surface area contributed by atoms with Gasteiger partial charge in [-0.3, -0.25) is 0 Å². The van der Waals surface area contributed by atoms with Gasteiger partial charge >= 0.3 is 0 Å². The fourth-order valence-corrected chi connectivity index (χ4v) is 2.83. The molecule has 0 radical (unpaired) electrons. The number of nitrogens with two attached hydrogens (primary N) is 1. The molecule has 0 fully saturated rings. The van der Waals surface area contributed by atoms with Crippen LogP contribution >= 0.6 is 0 Å². The van der Waals surface area contributed by atoms with Gasteiger partial charge in [-0.25, -0.2) is 0 Å². The van der Waals surface area contributed by atoms with Gasteiger partial charge in [0.2, 0.25) is 0 Å². The van der Waals surface area contributed by atoms with Gasteiger partial charge in [-0.1, -0.05) is 25.1 Å². The molecular weight excluding hydrogens is 208 g/mol. The number of aromatic nitrogens is 1. The molecule has 1 aromatic carbocycles. The molecule has 17 heavy (non-hydrogen) atoms. The highest BCUT2D eigenvalue weighted by atomic mass is 15.0. The smallest absolute Gasteiger partial charge is 0.0353 e. The molecule has 0 amide bonds. The summed E-state index contributed by atoms with van der Waals surface area (Å²) in [6.45, 7) is 3.32. The highest BCUT2D eigenvalue weighted by Gasteiger charge is 2.25. The Labute approximate surface area is 102 Å². The topological polar surface area (TPSA) is 30.9 Å². The maximum atomic E-state index is 6.09. The molecule has 2 heterocycles. The lowest BCUT2D eigenvalue weighted by Crippen LogP contribution is -2.00. The lowest BCUT2D eigenvalue weighted by atomic mass is 9.93. The number of hydrogen-bond donors (Lipinski definition) is 1. The van der Waals surface area contributed by atoms with Crippen LogP contribution in [0.3, 0.4) is 0 Å². The molecule has 1 aliphatic heterocycles. The van der Waals surface area contributed by atoms with Crippen molar-refractivity contribution < 1.29 is 0 Å². The van der Waals surface area contributed by atoms with Crippen LogP contribution in [0.1, 0.15) is 36.1 Å². The molecule has 2 aromatic rings. The van der Waals surface area contributed by atoms with Gasteiger partial charge in [0.05, 0.1) is 0 Å². The first-order valence-electron chi connectivity index (χ1n) is 6.33. The molecule has 0 saturated carbocycles. The summed E-state index contributed by atoms with van der Waals surface area (Å²) in [5, 5.41) is 0. The predicted octanol–water partition coefficient (Wildman–Crippen LogP) is 3.17. The van der Waals surface area contributed by atoms with Crippen molar-refractivity contribution in [2.45, 2.75) is 32.2 Å². The summed E-state index contributed by atoms with van der Waals surface area (Å²) in [6, 6.07) is 10.6. The first kappa shape index (κ1) is 10.5. The van der Waals surface area contributed by atoms with Crippen molar-refractivity contribution in [1.82, 2.24) is 4.57 Å². The van der Waals surface area contributed by atoms with Crippen LogP contribution in [0.25, 0.3) is 0 Å². The summed E-state index contributed by atoms with van der Waals surface area (Å²) in [6.07, 6.45) is 4.57. The number of rotatable bonds is 2. The Balaban J connectivity index is 2.03. The van der Waals surface area contributed by atoms with E-state index in [-0.39, 0.29) is 0 Å². The fraction of sp³-hybridized carbons (Fsp3) is 0.333. The van der Waals surface area contributed by atoms with Crippen molar-refractivity contribution in [1.29, 1.82) is 0 Å². The van der Waals surface area contributed by atoms with Crippen molar-refractivity contribution >= 4 is 5.69 Å². The van der Waals surface area contributed by atoms with E-state index in [1.54, 1.807) is 0 Å². The van der Waals surface area contributed by atoms with Gasteiger partial charge in [0, 0.05) is 30.0 Å². The number of fused-ring (bicyclic) bond motifs is 1. The number of nitrogens with zero attached hydrogens (tertiary/aromatic N) is 1. The number of aryl methyl sites for hydroxylation is 2. The fourth-order valence-electron chi connectivity index (χ4n) is 2.83. The first-order chi connectivity index (χ1) is 8.29. The van der Waals surface area contributed by atoms with E-state index in [1.807, 2.05) is 12.1 Å². The third-order valence-corrected chi connectivity index (χ3v) is 3.78. The monoisotopic (exact) mass is 226 g/mol. The van der Waals surface area contributed by atoms with Crippen molar-refractivity contribution in [3.63, 3.8) is 0 Å². The lowest BCUT2D eigenvalue weighted by Gasteiger charge is -2.12. The third kappa shape index (κ3) is 1.64.